The van der Waals surface area contributed by atoms with Gasteiger partial charge in [0.1, 0.15) is 5.75 Å². The highest BCUT2D eigenvalue weighted by molar-refractivity contribution is 7.99. The zero-order valence-electron chi connectivity index (χ0n) is 17.0. The molecular weight excluding hydrogens is 432 g/mol. The zero-order valence-corrected chi connectivity index (χ0v) is 18.6. The fraction of sp³-hybridized carbons (Fsp3) is 0.182. The van der Waals surface area contributed by atoms with Gasteiger partial charge in [-0.25, -0.2) is 4.98 Å². The summed E-state index contributed by atoms with van der Waals surface area (Å²) in [5.41, 5.74) is 3.01. The number of rotatable bonds is 8. The summed E-state index contributed by atoms with van der Waals surface area (Å²) in [6.45, 7) is 4.15. The number of aryl methyl sites for hydroxylation is 2. The number of ether oxygens (including phenoxy) is 1. The third-order valence-electron chi connectivity index (χ3n) is 4.22. The quantitative estimate of drug-likeness (QED) is 0.371. The predicted molar refractivity (Wildman–Crippen MR) is 121 cm³/mol. The highest BCUT2D eigenvalue weighted by Gasteiger charge is 2.14. The van der Waals surface area contributed by atoms with E-state index in [2.05, 4.69) is 20.5 Å². The lowest BCUT2D eigenvalue weighted by atomic mass is 10.1. The Balaban J connectivity index is 1.28. The van der Waals surface area contributed by atoms with E-state index in [9.17, 15) is 4.79 Å². The Labute approximate surface area is 187 Å². The van der Waals surface area contributed by atoms with Crippen LogP contribution < -0.4 is 10.1 Å². The Bertz CT molecular complexity index is 1170. The minimum atomic E-state index is -0.186. The number of thioether (sulfide) groups is 1. The van der Waals surface area contributed by atoms with E-state index in [1.165, 1.54) is 23.1 Å². The molecule has 4 rings (SSSR count). The van der Waals surface area contributed by atoms with E-state index in [4.69, 9.17) is 9.15 Å². The van der Waals surface area contributed by atoms with Crippen molar-refractivity contribution in [3.8, 4) is 17.0 Å². The van der Waals surface area contributed by atoms with Crippen LogP contribution in [0.3, 0.4) is 0 Å². The number of carbonyl (C=O) groups excluding carboxylic acids is 1. The Hall–Kier alpha value is -3.17. The van der Waals surface area contributed by atoms with Crippen molar-refractivity contribution in [3.05, 3.63) is 70.9 Å². The SMILES string of the molecule is Cc1cccc(OCc2nnc(SCC(=O)Nc3nc(-c4ccccc4)c(C)s3)o2)c1. The van der Waals surface area contributed by atoms with E-state index >= 15 is 0 Å². The van der Waals surface area contributed by atoms with Gasteiger partial charge in [0.25, 0.3) is 11.1 Å². The first-order valence-electron chi connectivity index (χ1n) is 9.54. The molecule has 0 saturated heterocycles. The van der Waals surface area contributed by atoms with Gasteiger partial charge in [-0.05, 0) is 31.5 Å². The molecule has 4 aromatic rings. The lowest BCUT2D eigenvalue weighted by molar-refractivity contribution is -0.113. The van der Waals surface area contributed by atoms with Crippen molar-refractivity contribution in [1.82, 2.24) is 15.2 Å². The molecule has 0 spiro atoms. The molecule has 0 bridgehead atoms. The first-order chi connectivity index (χ1) is 15.1. The van der Waals surface area contributed by atoms with E-state index in [-0.39, 0.29) is 18.3 Å². The van der Waals surface area contributed by atoms with Crippen LogP contribution in [-0.2, 0) is 11.4 Å². The number of aromatic nitrogens is 3. The highest BCUT2D eigenvalue weighted by Crippen LogP contribution is 2.30. The average molecular weight is 453 g/mol. The smallest absolute Gasteiger partial charge is 0.277 e. The molecule has 1 amide bonds. The highest BCUT2D eigenvalue weighted by atomic mass is 32.2. The zero-order chi connectivity index (χ0) is 21.6. The van der Waals surface area contributed by atoms with E-state index in [1.54, 1.807) is 0 Å². The summed E-state index contributed by atoms with van der Waals surface area (Å²) in [5, 5.41) is 11.6. The number of thiazole rings is 1. The summed E-state index contributed by atoms with van der Waals surface area (Å²) >= 11 is 2.62. The van der Waals surface area contributed by atoms with Gasteiger partial charge in [0.05, 0.1) is 11.4 Å². The standard InChI is InChI=1S/C22H20N4O3S2/c1-14-7-6-10-17(11-14)28-12-19-25-26-22(29-19)30-13-18(27)23-21-24-20(15(2)31-21)16-8-4-3-5-9-16/h3-11H,12-13H2,1-2H3,(H,23,24,27). The second kappa shape index (κ2) is 9.76. The minimum Gasteiger partial charge on any atom is -0.484 e. The largest absolute Gasteiger partial charge is 0.484 e. The Kier molecular flexibility index (Phi) is 6.63. The Morgan fingerprint density at radius 1 is 1.13 bits per heavy atom. The van der Waals surface area contributed by atoms with Crippen LogP contribution >= 0.6 is 23.1 Å². The third kappa shape index (κ3) is 5.71. The molecule has 0 saturated carbocycles. The van der Waals surface area contributed by atoms with Crippen LogP contribution in [0.15, 0.2) is 64.2 Å². The fourth-order valence-corrected chi connectivity index (χ4v) is 4.23. The molecule has 2 heterocycles. The van der Waals surface area contributed by atoms with Gasteiger partial charge in [-0.2, -0.15) is 0 Å². The van der Waals surface area contributed by atoms with Gasteiger partial charge in [0.2, 0.25) is 5.91 Å². The number of amides is 1. The Morgan fingerprint density at radius 2 is 1.97 bits per heavy atom. The normalized spacial score (nSPS) is 10.8. The molecule has 0 fully saturated rings. The van der Waals surface area contributed by atoms with E-state index < -0.39 is 0 Å². The van der Waals surface area contributed by atoms with Crippen molar-refractivity contribution in [2.24, 2.45) is 0 Å². The predicted octanol–water partition coefficient (Wildman–Crippen LogP) is 5.12. The molecule has 0 aliphatic heterocycles. The van der Waals surface area contributed by atoms with Crippen molar-refractivity contribution in [2.45, 2.75) is 25.7 Å². The molecule has 7 nitrogen and oxygen atoms in total. The molecule has 31 heavy (non-hydrogen) atoms. The van der Waals surface area contributed by atoms with Gasteiger partial charge < -0.3 is 14.5 Å². The molecule has 0 radical (unpaired) electrons. The Morgan fingerprint density at radius 3 is 2.77 bits per heavy atom. The summed E-state index contributed by atoms with van der Waals surface area (Å²) < 4.78 is 11.2. The molecule has 0 aliphatic carbocycles. The van der Waals surface area contributed by atoms with Gasteiger partial charge in [-0.15, -0.1) is 21.5 Å². The molecule has 158 valence electrons. The lowest BCUT2D eigenvalue weighted by Gasteiger charge is -2.03. The lowest BCUT2D eigenvalue weighted by Crippen LogP contribution is -2.13. The van der Waals surface area contributed by atoms with Crippen LogP contribution in [-0.4, -0.2) is 26.8 Å². The summed E-state index contributed by atoms with van der Waals surface area (Å²) in [6, 6.07) is 17.6. The summed E-state index contributed by atoms with van der Waals surface area (Å²) in [7, 11) is 0. The van der Waals surface area contributed by atoms with Crippen LogP contribution in [0, 0.1) is 13.8 Å². The van der Waals surface area contributed by atoms with Gasteiger partial charge >= 0.3 is 0 Å². The number of hydrogen-bond donors (Lipinski definition) is 1. The molecule has 0 unspecified atom stereocenters. The molecule has 9 heteroatoms. The number of nitrogens with zero attached hydrogens (tertiary/aromatic N) is 3. The molecule has 2 aromatic carbocycles. The molecule has 2 aromatic heterocycles. The van der Waals surface area contributed by atoms with Crippen LogP contribution in [0.4, 0.5) is 5.13 Å². The van der Waals surface area contributed by atoms with Crippen LogP contribution in [0.1, 0.15) is 16.3 Å². The molecule has 0 aliphatic rings. The van der Waals surface area contributed by atoms with Crippen molar-refractivity contribution in [3.63, 3.8) is 0 Å². The van der Waals surface area contributed by atoms with Gasteiger partial charge in [0, 0.05) is 10.4 Å². The maximum Gasteiger partial charge on any atom is 0.277 e. The van der Waals surface area contributed by atoms with Gasteiger partial charge in [-0.1, -0.05) is 54.2 Å². The van der Waals surface area contributed by atoms with Crippen LogP contribution in [0.5, 0.6) is 5.75 Å². The summed E-state index contributed by atoms with van der Waals surface area (Å²) in [6.07, 6.45) is 0. The second-order valence-electron chi connectivity index (χ2n) is 6.69. The van der Waals surface area contributed by atoms with Crippen molar-refractivity contribution >= 4 is 34.1 Å². The van der Waals surface area contributed by atoms with Crippen molar-refractivity contribution in [1.29, 1.82) is 0 Å². The maximum atomic E-state index is 12.3. The third-order valence-corrected chi connectivity index (χ3v) is 5.92. The fourth-order valence-electron chi connectivity index (χ4n) is 2.80. The van der Waals surface area contributed by atoms with Crippen LogP contribution in [0.2, 0.25) is 0 Å². The molecular formula is C22H20N4O3S2. The van der Waals surface area contributed by atoms with Gasteiger partial charge in [-0.3, -0.25) is 4.79 Å². The maximum absolute atomic E-state index is 12.3. The van der Waals surface area contributed by atoms with E-state index in [0.717, 1.165) is 27.4 Å². The molecule has 1 N–H and O–H groups in total. The average Bonchev–Trinajstić information content (AvgIpc) is 3.37. The minimum absolute atomic E-state index is 0.139. The number of hydrogen-bond acceptors (Lipinski definition) is 8. The van der Waals surface area contributed by atoms with Gasteiger partial charge in [0.15, 0.2) is 11.7 Å². The first kappa shape index (κ1) is 21.1. The first-order valence-corrected chi connectivity index (χ1v) is 11.3. The second-order valence-corrected chi connectivity index (χ2v) is 8.82. The number of anilines is 1. The van der Waals surface area contributed by atoms with Crippen molar-refractivity contribution in [2.75, 3.05) is 11.1 Å². The number of benzene rings is 2. The summed E-state index contributed by atoms with van der Waals surface area (Å²) in [5.74, 6) is 1.04. The number of nitrogens with one attached hydrogen (secondary N) is 1. The van der Waals surface area contributed by atoms with Crippen LogP contribution in [0.25, 0.3) is 11.3 Å². The summed E-state index contributed by atoms with van der Waals surface area (Å²) in [4.78, 5) is 17.9. The molecule has 0 atom stereocenters. The van der Waals surface area contributed by atoms with E-state index in [0.29, 0.717) is 16.2 Å². The topological polar surface area (TPSA) is 90.1 Å². The monoisotopic (exact) mass is 452 g/mol. The van der Waals surface area contributed by atoms with E-state index in [1.807, 2.05) is 68.4 Å². The van der Waals surface area contributed by atoms with Crippen molar-refractivity contribution < 1.29 is 13.9 Å². The number of carbonyl (C=O) groups is 1.